The average molecular weight is 205 g/mol. The van der Waals surface area contributed by atoms with Gasteiger partial charge in [0.25, 0.3) is 0 Å². The van der Waals surface area contributed by atoms with E-state index in [0.29, 0.717) is 6.04 Å². The number of hydrogen-bond donors (Lipinski definition) is 2. The molecular formula is C12H19N3. The molecular weight excluding hydrogens is 186 g/mol. The van der Waals surface area contributed by atoms with Gasteiger partial charge >= 0.3 is 0 Å². The summed E-state index contributed by atoms with van der Waals surface area (Å²) in [6.45, 7) is 4.16. The Morgan fingerprint density at radius 2 is 2.33 bits per heavy atom. The van der Waals surface area contributed by atoms with Crippen LogP contribution in [-0.4, -0.2) is 17.6 Å². The summed E-state index contributed by atoms with van der Waals surface area (Å²) in [5.74, 6) is 0. The summed E-state index contributed by atoms with van der Waals surface area (Å²) in [5, 5.41) is 6.94. The van der Waals surface area contributed by atoms with E-state index >= 15 is 0 Å². The van der Waals surface area contributed by atoms with Crippen molar-refractivity contribution in [2.75, 3.05) is 11.9 Å². The van der Waals surface area contributed by atoms with Crippen molar-refractivity contribution in [1.29, 1.82) is 0 Å². The molecule has 0 unspecified atom stereocenters. The monoisotopic (exact) mass is 205 g/mol. The maximum absolute atomic E-state index is 4.17. The number of nitrogens with one attached hydrogen (secondary N) is 2. The molecule has 1 aliphatic rings. The van der Waals surface area contributed by atoms with Gasteiger partial charge in [-0.2, -0.15) is 0 Å². The number of anilines is 1. The van der Waals surface area contributed by atoms with Crippen molar-refractivity contribution < 1.29 is 0 Å². The lowest BCUT2D eigenvalue weighted by Gasteiger charge is -2.11. The van der Waals surface area contributed by atoms with Crippen molar-refractivity contribution in [3.63, 3.8) is 0 Å². The molecule has 3 heteroatoms. The predicted octanol–water partition coefficient (Wildman–Crippen LogP) is 2.16. The molecule has 0 atom stereocenters. The van der Waals surface area contributed by atoms with E-state index in [2.05, 4.69) is 28.6 Å². The largest absolute Gasteiger partial charge is 0.382 e. The fourth-order valence-corrected chi connectivity index (χ4v) is 1.56. The molecule has 1 aliphatic carbocycles. The number of nitrogens with zero attached hydrogens (tertiary/aromatic N) is 1. The molecule has 1 aromatic heterocycles. The minimum absolute atomic E-state index is 0.706. The van der Waals surface area contributed by atoms with Crippen molar-refractivity contribution in [1.82, 2.24) is 10.3 Å². The maximum Gasteiger partial charge on any atom is 0.0418 e. The molecule has 3 nitrogen and oxygen atoms in total. The molecule has 1 saturated carbocycles. The first kappa shape index (κ1) is 10.4. The van der Waals surface area contributed by atoms with Crippen molar-refractivity contribution in [3.05, 3.63) is 24.0 Å². The number of rotatable bonds is 6. The van der Waals surface area contributed by atoms with Crippen LogP contribution in [0.4, 0.5) is 5.69 Å². The van der Waals surface area contributed by atoms with Crippen LogP contribution in [0.2, 0.25) is 0 Å². The van der Waals surface area contributed by atoms with Gasteiger partial charge in [0.2, 0.25) is 0 Å². The van der Waals surface area contributed by atoms with Crippen molar-refractivity contribution in [3.8, 4) is 0 Å². The van der Waals surface area contributed by atoms with Gasteiger partial charge < -0.3 is 10.6 Å². The van der Waals surface area contributed by atoms with Gasteiger partial charge in [-0.1, -0.05) is 6.92 Å². The summed E-state index contributed by atoms with van der Waals surface area (Å²) in [6, 6.07) is 2.78. The van der Waals surface area contributed by atoms with Crippen molar-refractivity contribution in [2.24, 2.45) is 0 Å². The molecule has 0 aliphatic heterocycles. The SMILES string of the molecule is CCCNCc1cnccc1NC1CC1. The highest BCUT2D eigenvalue weighted by Gasteiger charge is 2.21. The summed E-state index contributed by atoms with van der Waals surface area (Å²) in [5.41, 5.74) is 2.52. The summed E-state index contributed by atoms with van der Waals surface area (Å²) in [6.07, 6.45) is 7.60. The highest BCUT2D eigenvalue weighted by Crippen LogP contribution is 2.26. The zero-order chi connectivity index (χ0) is 10.5. The normalized spacial score (nSPS) is 15.3. The second kappa shape index (κ2) is 5.12. The molecule has 0 spiro atoms. The lowest BCUT2D eigenvalue weighted by atomic mass is 10.2. The fourth-order valence-electron chi connectivity index (χ4n) is 1.56. The third-order valence-electron chi connectivity index (χ3n) is 2.58. The summed E-state index contributed by atoms with van der Waals surface area (Å²) in [7, 11) is 0. The van der Waals surface area contributed by atoms with Crippen LogP contribution in [-0.2, 0) is 6.54 Å². The van der Waals surface area contributed by atoms with Gasteiger partial charge in [0.15, 0.2) is 0 Å². The second-order valence-electron chi connectivity index (χ2n) is 4.13. The van der Waals surface area contributed by atoms with Crippen LogP contribution in [0.15, 0.2) is 18.5 Å². The van der Waals surface area contributed by atoms with E-state index in [-0.39, 0.29) is 0 Å². The van der Waals surface area contributed by atoms with Crippen molar-refractivity contribution in [2.45, 2.75) is 38.8 Å². The minimum Gasteiger partial charge on any atom is -0.382 e. The molecule has 1 heterocycles. The van der Waals surface area contributed by atoms with Crippen molar-refractivity contribution >= 4 is 5.69 Å². The molecule has 2 rings (SSSR count). The lowest BCUT2D eigenvalue weighted by Crippen LogP contribution is -2.16. The first-order valence-corrected chi connectivity index (χ1v) is 5.80. The van der Waals surface area contributed by atoms with Crippen LogP contribution in [0.25, 0.3) is 0 Å². The maximum atomic E-state index is 4.17. The molecule has 0 aromatic carbocycles. The highest BCUT2D eigenvalue weighted by atomic mass is 15.0. The fraction of sp³-hybridized carbons (Fsp3) is 0.583. The van der Waals surface area contributed by atoms with Crippen LogP contribution < -0.4 is 10.6 Å². The van der Waals surface area contributed by atoms with Gasteiger partial charge in [-0.25, -0.2) is 0 Å². The van der Waals surface area contributed by atoms with E-state index < -0.39 is 0 Å². The third-order valence-corrected chi connectivity index (χ3v) is 2.58. The zero-order valence-corrected chi connectivity index (χ0v) is 9.29. The number of hydrogen-bond acceptors (Lipinski definition) is 3. The zero-order valence-electron chi connectivity index (χ0n) is 9.29. The molecule has 0 radical (unpaired) electrons. The Morgan fingerprint density at radius 3 is 3.07 bits per heavy atom. The Balaban J connectivity index is 1.93. The van der Waals surface area contributed by atoms with Gasteiger partial charge in [0.1, 0.15) is 0 Å². The minimum atomic E-state index is 0.706. The van der Waals surface area contributed by atoms with Gasteiger partial charge in [-0.05, 0) is 31.9 Å². The lowest BCUT2D eigenvalue weighted by molar-refractivity contribution is 0.674. The molecule has 0 saturated heterocycles. The topological polar surface area (TPSA) is 37.0 Å². The van der Waals surface area contributed by atoms with Gasteiger partial charge in [0, 0.05) is 36.2 Å². The Kier molecular flexibility index (Phi) is 3.56. The molecule has 1 aromatic rings. The van der Waals surface area contributed by atoms with E-state index in [1.807, 2.05) is 12.4 Å². The van der Waals surface area contributed by atoms with Crippen LogP contribution in [0.5, 0.6) is 0 Å². The smallest absolute Gasteiger partial charge is 0.0418 e. The summed E-state index contributed by atoms with van der Waals surface area (Å²) >= 11 is 0. The first-order chi connectivity index (χ1) is 7.40. The van der Waals surface area contributed by atoms with E-state index in [9.17, 15) is 0 Å². The Labute approximate surface area is 91.3 Å². The molecule has 0 bridgehead atoms. The summed E-state index contributed by atoms with van der Waals surface area (Å²) < 4.78 is 0. The predicted molar refractivity (Wildman–Crippen MR) is 62.9 cm³/mol. The third kappa shape index (κ3) is 3.20. The van der Waals surface area contributed by atoms with E-state index in [4.69, 9.17) is 0 Å². The van der Waals surface area contributed by atoms with Crippen LogP contribution in [0, 0.1) is 0 Å². The van der Waals surface area contributed by atoms with E-state index in [1.165, 1.54) is 30.5 Å². The highest BCUT2D eigenvalue weighted by molar-refractivity contribution is 5.50. The molecule has 15 heavy (non-hydrogen) atoms. The van der Waals surface area contributed by atoms with E-state index in [1.54, 1.807) is 0 Å². The molecule has 82 valence electrons. The van der Waals surface area contributed by atoms with Crippen LogP contribution in [0.3, 0.4) is 0 Å². The number of pyridine rings is 1. The van der Waals surface area contributed by atoms with Gasteiger partial charge in [-0.3, -0.25) is 4.98 Å². The molecule has 1 fully saturated rings. The standard InChI is InChI=1S/C12H19N3/c1-2-6-13-8-10-9-14-7-5-12(10)15-11-3-4-11/h5,7,9,11,13H,2-4,6,8H2,1H3,(H,14,15). The Hall–Kier alpha value is -1.09. The quantitative estimate of drug-likeness (QED) is 0.699. The van der Waals surface area contributed by atoms with Crippen LogP contribution >= 0.6 is 0 Å². The molecule has 0 amide bonds. The first-order valence-electron chi connectivity index (χ1n) is 5.80. The molecule has 2 N–H and O–H groups in total. The van der Waals surface area contributed by atoms with Gasteiger partial charge in [-0.15, -0.1) is 0 Å². The van der Waals surface area contributed by atoms with Crippen LogP contribution in [0.1, 0.15) is 31.7 Å². The second-order valence-corrected chi connectivity index (χ2v) is 4.13. The Morgan fingerprint density at radius 1 is 1.47 bits per heavy atom. The average Bonchev–Trinajstić information content (AvgIpc) is 3.05. The number of aromatic nitrogens is 1. The van der Waals surface area contributed by atoms with E-state index in [0.717, 1.165) is 13.1 Å². The summed E-state index contributed by atoms with van der Waals surface area (Å²) in [4.78, 5) is 4.17. The van der Waals surface area contributed by atoms with Gasteiger partial charge in [0.05, 0.1) is 0 Å². The Bertz CT molecular complexity index is 307.